The predicted octanol–water partition coefficient (Wildman–Crippen LogP) is 4.09. The van der Waals surface area contributed by atoms with Gasteiger partial charge in [-0.1, -0.05) is 19.0 Å². The van der Waals surface area contributed by atoms with Gasteiger partial charge in [0.25, 0.3) is 0 Å². The van der Waals surface area contributed by atoms with E-state index >= 15 is 0 Å². The normalized spacial score (nSPS) is 17.6. The third-order valence-corrected chi connectivity index (χ3v) is 4.68. The van der Waals surface area contributed by atoms with Gasteiger partial charge in [-0.15, -0.1) is 0 Å². The van der Waals surface area contributed by atoms with Crippen LogP contribution in [0.15, 0.2) is 34.9 Å². The molecular weight excluding hydrogens is 316 g/mol. The maximum atomic E-state index is 5.40. The average molecular weight is 338 g/mol. The number of pyridine rings is 1. The summed E-state index contributed by atoms with van der Waals surface area (Å²) >= 11 is 0. The van der Waals surface area contributed by atoms with Crippen molar-refractivity contribution in [3.05, 3.63) is 42.0 Å². The van der Waals surface area contributed by atoms with Gasteiger partial charge in [-0.25, -0.2) is 4.98 Å². The Bertz CT molecular complexity index is 890. The van der Waals surface area contributed by atoms with Crippen molar-refractivity contribution in [1.82, 2.24) is 15.1 Å². The Balaban J connectivity index is 1.66. The molecule has 1 unspecified atom stereocenters. The van der Waals surface area contributed by atoms with Crippen LogP contribution in [0.3, 0.4) is 0 Å². The Kier molecular flexibility index (Phi) is 4.03. The Morgan fingerprint density at radius 3 is 2.84 bits per heavy atom. The van der Waals surface area contributed by atoms with Crippen LogP contribution in [0.4, 0.5) is 5.82 Å². The van der Waals surface area contributed by atoms with E-state index in [2.05, 4.69) is 41.0 Å². The molecule has 4 rings (SSSR count). The smallest absolute Gasteiger partial charge is 0.229 e. The fourth-order valence-corrected chi connectivity index (χ4v) is 3.31. The minimum atomic E-state index is 0.124. The Hall–Kier alpha value is -2.63. The quantitative estimate of drug-likeness (QED) is 0.714. The molecule has 1 aromatic carbocycles. The van der Waals surface area contributed by atoms with Crippen LogP contribution in [0.2, 0.25) is 0 Å². The number of ether oxygens (including phenoxy) is 1. The summed E-state index contributed by atoms with van der Waals surface area (Å²) in [6.45, 7) is 5.07. The molecule has 2 aromatic heterocycles. The summed E-state index contributed by atoms with van der Waals surface area (Å²) in [6.07, 6.45) is 2.11. The van der Waals surface area contributed by atoms with Crippen LogP contribution in [-0.2, 0) is 0 Å². The van der Waals surface area contributed by atoms with Crippen LogP contribution in [0.25, 0.3) is 10.9 Å². The van der Waals surface area contributed by atoms with Crippen molar-refractivity contribution in [3.63, 3.8) is 0 Å². The van der Waals surface area contributed by atoms with Crippen molar-refractivity contribution >= 4 is 16.7 Å². The molecule has 1 saturated heterocycles. The van der Waals surface area contributed by atoms with E-state index in [1.54, 1.807) is 7.11 Å². The number of anilines is 1. The fourth-order valence-electron chi connectivity index (χ4n) is 3.31. The molecule has 0 radical (unpaired) electrons. The number of hydrogen-bond acceptors (Lipinski definition) is 6. The van der Waals surface area contributed by atoms with E-state index in [0.29, 0.717) is 5.89 Å². The maximum Gasteiger partial charge on any atom is 0.229 e. The van der Waals surface area contributed by atoms with Gasteiger partial charge in [0.2, 0.25) is 5.89 Å². The third kappa shape index (κ3) is 2.92. The number of aromatic nitrogens is 3. The molecule has 3 aromatic rings. The van der Waals surface area contributed by atoms with Crippen LogP contribution in [0.1, 0.15) is 50.4 Å². The van der Waals surface area contributed by atoms with Gasteiger partial charge >= 0.3 is 0 Å². The molecule has 6 nitrogen and oxygen atoms in total. The first-order chi connectivity index (χ1) is 12.2. The lowest BCUT2D eigenvalue weighted by atomic mass is 10.2. The van der Waals surface area contributed by atoms with Crippen LogP contribution in [-0.4, -0.2) is 28.8 Å². The minimum Gasteiger partial charge on any atom is -0.497 e. The number of benzene rings is 1. The first-order valence-corrected chi connectivity index (χ1v) is 8.70. The van der Waals surface area contributed by atoms with E-state index in [1.807, 2.05) is 18.2 Å². The van der Waals surface area contributed by atoms with E-state index in [-0.39, 0.29) is 12.0 Å². The molecule has 0 spiro atoms. The Morgan fingerprint density at radius 2 is 2.08 bits per heavy atom. The molecule has 6 heteroatoms. The highest BCUT2D eigenvalue weighted by atomic mass is 16.5. The lowest BCUT2D eigenvalue weighted by molar-refractivity contribution is 0.358. The largest absolute Gasteiger partial charge is 0.497 e. The highest BCUT2D eigenvalue weighted by molar-refractivity contribution is 5.82. The molecular formula is C19H22N4O2. The SMILES string of the molecule is COc1ccc2nc(N3CCCC3c3noc(C(C)C)n3)ccc2c1. The minimum absolute atomic E-state index is 0.124. The first kappa shape index (κ1) is 15.9. The molecule has 1 aliphatic rings. The lowest BCUT2D eigenvalue weighted by Gasteiger charge is -2.23. The van der Waals surface area contributed by atoms with Crippen molar-refractivity contribution in [2.75, 3.05) is 18.6 Å². The van der Waals surface area contributed by atoms with Crippen molar-refractivity contribution < 1.29 is 9.26 Å². The van der Waals surface area contributed by atoms with Gasteiger partial charge in [-0.2, -0.15) is 4.98 Å². The second-order valence-electron chi connectivity index (χ2n) is 6.73. The second kappa shape index (κ2) is 6.35. The van der Waals surface area contributed by atoms with Gasteiger partial charge < -0.3 is 14.2 Å². The number of hydrogen-bond donors (Lipinski definition) is 0. The van der Waals surface area contributed by atoms with E-state index in [1.165, 1.54) is 0 Å². The number of fused-ring (bicyclic) bond motifs is 1. The summed E-state index contributed by atoms with van der Waals surface area (Å²) in [5.74, 6) is 3.49. The highest BCUT2D eigenvalue weighted by Gasteiger charge is 2.31. The summed E-state index contributed by atoms with van der Waals surface area (Å²) in [5.41, 5.74) is 0.958. The molecule has 0 N–H and O–H groups in total. The number of nitrogens with zero attached hydrogens (tertiary/aromatic N) is 4. The van der Waals surface area contributed by atoms with Gasteiger partial charge in [-0.05, 0) is 43.2 Å². The zero-order valence-corrected chi connectivity index (χ0v) is 14.8. The van der Waals surface area contributed by atoms with Crippen molar-refractivity contribution in [3.8, 4) is 5.75 Å². The predicted molar refractivity (Wildman–Crippen MR) is 96.0 cm³/mol. The maximum absolute atomic E-state index is 5.40. The lowest BCUT2D eigenvalue weighted by Crippen LogP contribution is -2.24. The van der Waals surface area contributed by atoms with Gasteiger partial charge in [0.05, 0.1) is 18.7 Å². The molecule has 0 saturated carbocycles. The summed E-state index contributed by atoms with van der Waals surface area (Å²) in [6, 6.07) is 10.2. The third-order valence-electron chi connectivity index (χ3n) is 4.68. The van der Waals surface area contributed by atoms with Gasteiger partial charge in [0, 0.05) is 17.8 Å². The highest BCUT2D eigenvalue weighted by Crippen LogP contribution is 2.35. The van der Waals surface area contributed by atoms with E-state index in [0.717, 1.165) is 47.7 Å². The fraction of sp³-hybridized carbons (Fsp3) is 0.421. The molecule has 1 aliphatic heterocycles. The average Bonchev–Trinajstić information content (AvgIpc) is 3.29. The van der Waals surface area contributed by atoms with Gasteiger partial charge in [-0.3, -0.25) is 0 Å². The summed E-state index contributed by atoms with van der Waals surface area (Å²) in [7, 11) is 1.67. The standard InChI is InChI=1S/C19H22N4O2/c1-12(2)19-21-18(22-25-19)16-5-4-10-23(16)17-9-6-13-11-14(24-3)7-8-15(13)20-17/h6-9,11-12,16H,4-5,10H2,1-3H3. The molecule has 0 amide bonds. The summed E-state index contributed by atoms with van der Waals surface area (Å²) in [4.78, 5) is 11.7. The van der Waals surface area contributed by atoms with Gasteiger partial charge in [0.1, 0.15) is 11.6 Å². The van der Waals surface area contributed by atoms with Gasteiger partial charge in [0.15, 0.2) is 5.82 Å². The second-order valence-corrected chi connectivity index (χ2v) is 6.73. The van der Waals surface area contributed by atoms with Crippen LogP contribution in [0, 0.1) is 0 Å². The molecule has 0 aliphatic carbocycles. The number of rotatable bonds is 4. The monoisotopic (exact) mass is 338 g/mol. The van der Waals surface area contributed by atoms with Crippen molar-refractivity contribution in [2.24, 2.45) is 0 Å². The molecule has 1 atom stereocenters. The van der Waals surface area contributed by atoms with E-state index in [4.69, 9.17) is 14.2 Å². The van der Waals surface area contributed by atoms with E-state index in [9.17, 15) is 0 Å². The first-order valence-electron chi connectivity index (χ1n) is 8.70. The summed E-state index contributed by atoms with van der Waals surface area (Å²) in [5, 5.41) is 5.28. The zero-order valence-electron chi connectivity index (χ0n) is 14.8. The van der Waals surface area contributed by atoms with Crippen LogP contribution < -0.4 is 9.64 Å². The Labute approximate surface area is 146 Å². The van der Waals surface area contributed by atoms with Crippen LogP contribution in [0.5, 0.6) is 5.75 Å². The van der Waals surface area contributed by atoms with E-state index < -0.39 is 0 Å². The Morgan fingerprint density at radius 1 is 1.20 bits per heavy atom. The zero-order chi connectivity index (χ0) is 17.4. The summed E-state index contributed by atoms with van der Waals surface area (Å²) < 4.78 is 10.7. The molecule has 1 fully saturated rings. The molecule has 0 bridgehead atoms. The van der Waals surface area contributed by atoms with Crippen molar-refractivity contribution in [1.29, 1.82) is 0 Å². The van der Waals surface area contributed by atoms with Crippen LogP contribution >= 0.6 is 0 Å². The number of methoxy groups -OCH3 is 1. The molecule has 25 heavy (non-hydrogen) atoms. The van der Waals surface area contributed by atoms with Crippen molar-refractivity contribution in [2.45, 2.75) is 38.6 Å². The molecule has 130 valence electrons. The molecule has 3 heterocycles. The topological polar surface area (TPSA) is 64.3 Å².